The number of methoxy groups -OCH3 is 1. The van der Waals surface area contributed by atoms with Gasteiger partial charge in [-0.05, 0) is 24.3 Å². The molecule has 22 heavy (non-hydrogen) atoms. The molecule has 0 fully saturated rings. The van der Waals surface area contributed by atoms with Gasteiger partial charge in [0.1, 0.15) is 11.1 Å². The van der Waals surface area contributed by atoms with Crippen molar-refractivity contribution in [2.24, 2.45) is 0 Å². The fourth-order valence-electron chi connectivity index (χ4n) is 2.44. The molecule has 2 aromatic carbocycles. The van der Waals surface area contributed by atoms with Crippen LogP contribution in [0.15, 0.2) is 36.4 Å². The van der Waals surface area contributed by atoms with E-state index in [1.54, 1.807) is 30.3 Å². The van der Waals surface area contributed by atoms with Crippen LogP contribution in [-0.2, 0) is 4.74 Å². The van der Waals surface area contributed by atoms with Crippen molar-refractivity contribution in [3.05, 3.63) is 58.4 Å². The highest BCUT2D eigenvalue weighted by atomic mass is 35.5. The van der Waals surface area contributed by atoms with Gasteiger partial charge in [-0.25, -0.2) is 4.39 Å². The Kier molecular flexibility index (Phi) is 4.29. The Hall–Kier alpha value is -1.69. The third-order valence-electron chi connectivity index (χ3n) is 3.45. The number of halogens is 2. The molecular weight excluding hydrogens is 325 g/mol. The minimum Gasteiger partial charge on any atom is -0.494 e. The van der Waals surface area contributed by atoms with E-state index in [9.17, 15) is 4.39 Å². The highest BCUT2D eigenvalue weighted by Gasteiger charge is 2.26. The maximum Gasteiger partial charge on any atom is 0.171 e. The number of anilines is 1. The van der Waals surface area contributed by atoms with Gasteiger partial charge in [0.25, 0.3) is 0 Å². The first kappa shape index (κ1) is 15.2. The number of ether oxygens (including phenoxy) is 2. The van der Waals surface area contributed by atoms with Gasteiger partial charge < -0.3 is 14.8 Å². The zero-order valence-electron chi connectivity index (χ0n) is 11.7. The maximum absolute atomic E-state index is 14.6. The molecule has 2 aromatic rings. The lowest BCUT2D eigenvalue weighted by Crippen LogP contribution is -2.13. The summed E-state index contributed by atoms with van der Waals surface area (Å²) >= 11 is 11.3. The number of rotatable bonds is 2. The quantitative estimate of drug-likeness (QED) is 0.825. The van der Waals surface area contributed by atoms with Crippen LogP contribution in [0.1, 0.15) is 17.2 Å². The molecule has 1 atom stereocenters. The van der Waals surface area contributed by atoms with Crippen molar-refractivity contribution in [1.29, 1.82) is 0 Å². The molecule has 0 aliphatic carbocycles. The molecule has 1 aliphatic rings. The van der Waals surface area contributed by atoms with Crippen molar-refractivity contribution < 1.29 is 13.9 Å². The number of hydrogen-bond acceptors (Lipinski definition) is 3. The molecule has 0 saturated heterocycles. The molecule has 3 rings (SSSR count). The summed E-state index contributed by atoms with van der Waals surface area (Å²) in [7, 11) is 1.43. The summed E-state index contributed by atoms with van der Waals surface area (Å²) < 4.78 is 25.4. The van der Waals surface area contributed by atoms with E-state index in [0.717, 1.165) is 11.3 Å². The largest absolute Gasteiger partial charge is 0.494 e. The van der Waals surface area contributed by atoms with E-state index in [1.165, 1.54) is 7.11 Å². The standard InChI is InChI=1S/C16H13ClFNO2S/c1-20-13-4-2-3-10(15(13)18)16-11-7-9(17)5-6-12(11)19-14(22)8-21-16/h2-7,16H,8H2,1H3,(H,19,22)/t16-/m1/s1. The normalized spacial score (nSPS) is 17.4. The molecule has 1 aliphatic heterocycles. The van der Waals surface area contributed by atoms with Gasteiger partial charge in [0, 0.05) is 21.8 Å². The summed E-state index contributed by atoms with van der Waals surface area (Å²) in [5.74, 6) is -0.279. The predicted octanol–water partition coefficient (Wildman–Crippen LogP) is 4.35. The molecule has 6 heteroatoms. The molecule has 0 aromatic heterocycles. The number of hydrogen-bond donors (Lipinski definition) is 1. The molecule has 1 N–H and O–H groups in total. The van der Waals surface area contributed by atoms with Crippen LogP contribution >= 0.6 is 23.8 Å². The van der Waals surface area contributed by atoms with Gasteiger partial charge in [-0.15, -0.1) is 0 Å². The van der Waals surface area contributed by atoms with E-state index in [4.69, 9.17) is 33.3 Å². The topological polar surface area (TPSA) is 30.5 Å². The van der Waals surface area contributed by atoms with Gasteiger partial charge in [-0.2, -0.15) is 0 Å². The van der Waals surface area contributed by atoms with E-state index in [-0.39, 0.29) is 12.4 Å². The first-order chi connectivity index (χ1) is 10.6. The summed E-state index contributed by atoms with van der Waals surface area (Å²) in [6.07, 6.45) is -0.614. The zero-order valence-corrected chi connectivity index (χ0v) is 13.3. The Bertz CT molecular complexity index is 738. The molecule has 1 heterocycles. The highest BCUT2D eigenvalue weighted by molar-refractivity contribution is 7.80. The van der Waals surface area contributed by atoms with E-state index in [1.807, 2.05) is 6.07 Å². The van der Waals surface area contributed by atoms with Crippen molar-refractivity contribution in [2.45, 2.75) is 6.10 Å². The lowest BCUT2D eigenvalue weighted by molar-refractivity contribution is 0.112. The molecule has 0 bridgehead atoms. The van der Waals surface area contributed by atoms with E-state index < -0.39 is 11.9 Å². The van der Waals surface area contributed by atoms with Gasteiger partial charge in [0.15, 0.2) is 11.6 Å². The lowest BCUT2D eigenvalue weighted by Gasteiger charge is -2.19. The number of benzene rings is 2. The average Bonchev–Trinajstić information content (AvgIpc) is 2.66. The second kappa shape index (κ2) is 6.20. The highest BCUT2D eigenvalue weighted by Crippen LogP contribution is 2.38. The number of nitrogens with one attached hydrogen (secondary N) is 1. The maximum atomic E-state index is 14.6. The summed E-state index contributed by atoms with van der Waals surface area (Å²) in [4.78, 5) is 0.536. The third kappa shape index (κ3) is 2.79. The Morgan fingerprint density at radius 1 is 1.32 bits per heavy atom. The molecular formula is C16H13ClFNO2S. The molecule has 0 unspecified atom stereocenters. The number of fused-ring (bicyclic) bond motifs is 1. The van der Waals surface area contributed by atoms with Crippen molar-refractivity contribution in [3.63, 3.8) is 0 Å². The Labute approximate surface area is 138 Å². The fraction of sp³-hybridized carbons (Fsp3) is 0.188. The van der Waals surface area contributed by atoms with E-state index >= 15 is 0 Å². The average molecular weight is 338 g/mol. The van der Waals surface area contributed by atoms with Crippen molar-refractivity contribution in [1.82, 2.24) is 0 Å². The van der Waals surface area contributed by atoms with Crippen LogP contribution < -0.4 is 10.1 Å². The minimum absolute atomic E-state index is 0.171. The van der Waals surface area contributed by atoms with Crippen molar-refractivity contribution in [2.75, 3.05) is 19.0 Å². The van der Waals surface area contributed by atoms with Gasteiger partial charge in [-0.1, -0.05) is 36.0 Å². The second-order valence-electron chi connectivity index (χ2n) is 4.83. The van der Waals surface area contributed by atoms with Crippen LogP contribution in [0, 0.1) is 5.82 Å². The first-order valence-corrected chi connectivity index (χ1v) is 7.42. The SMILES string of the molecule is COc1cccc([C@H]2OCC(=S)Nc3ccc(Cl)cc32)c1F. The summed E-state index contributed by atoms with van der Waals surface area (Å²) in [5, 5.41) is 3.64. The van der Waals surface area contributed by atoms with Crippen molar-refractivity contribution >= 4 is 34.5 Å². The van der Waals surface area contributed by atoms with E-state index in [0.29, 0.717) is 15.6 Å². The molecule has 3 nitrogen and oxygen atoms in total. The third-order valence-corrected chi connectivity index (χ3v) is 3.90. The summed E-state index contributed by atoms with van der Waals surface area (Å²) in [6.45, 7) is 0.197. The monoisotopic (exact) mass is 337 g/mol. The van der Waals surface area contributed by atoms with Crippen LogP contribution in [0.3, 0.4) is 0 Å². The van der Waals surface area contributed by atoms with Crippen LogP contribution in [0.5, 0.6) is 5.75 Å². The molecule has 0 radical (unpaired) electrons. The predicted molar refractivity (Wildman–Crippen MR) is 88.4 cm³/mol. The second-order valence-corrected chi connectivity index (χ2v) is 5.76. The van der Waals surface area contributed by atoms with E-state index in [2.05, 4.69) is 5.32 Å². The molecule has 0 amide bonds. The fourth-order valence-corrected chi connectivity index (χ4v) is 2.80. The van der Waals surface area contributed by atoms with Crippen LogP contribution in [-0.4, -0.2) is 18.7 Å². The first-order valence-electron chi connectivity index (χ1n) is 6.63. The van der Waals surface area contributed by atoms with Gasteiger partial charge in [0.2, 0.25) is 0 Å². The lowest BCUT2D eigenvalue weighted by atomic mass is 9.99. The van der Waals surface area contributed by atoms with Crippen LogP contribution in [0.25, 0.3) is 0 Å². The summed E-state index contributed by atoms with van der Waals surface area (Å²) in [6, 6.07) is 10.3. The van der Waals surface area contributed by atoms with Gasteiger partial charge in [-0.3, -0.25) is 0 Å². The minimum atomic E-state index is -0.614. The van der Waals surface area contributed by atoms with Crippen LogP contribution in [0.4, 0.5) is 10.1 Å². The van der Waals surface area contributed by atoms with Gasteiger partial charge >= 0.3 is 0 Å². The zero-order chi connectivity index (χ0) is 15.7. The Morgan fingerprint density at radius 2 is 2.14 bits per heavy atom. The van der Waals surface area contributed by atoms with Crippen LogP contribution in [0.2, 0.25) is 5.02 Å². The molecule has 114 valence electrons. The molecule has 0 spiro atoms. The Morgan fingerprint density at radius 3 is 2.91 bits per heavy atom. The number of thiocarbonyl (C=S) groups is 1. The smallest absolute Gasteiger partial charge is 0.171 e. The molecule has 0 saturated carbocycles. The summed E-state index contributed by atoms with van der Waals surface area (Å²) in [5.41, 5.74) is 1.88. The van der Waals surface area contributed by atoms with Crippen molar-refractivity contribution in [3.8, 4) is 5.75 Å². The Balaban J connectivity index is 2.15. The van der Waals surface area contributed by atoms with Gasteiger partial charge in [0.05, 0.1) is 13.7 Å².